The lowest BCUT2D eigenvalue weighted by Gasteiger charge is -2.04. The lowest BCUT2D eigenvalue weighted by Crippen LogP contribution is -2.13. The van der Waals surface area contributed by atoms with Gasteiger partial charge in [-0.25, -0.2) is 0 Å². The molecule has 1 aromatic carbocycles. The van der Waals surface area contributed by atoms with E-state index < -0.39 is 0 Å². The van der Waals surface area contributed by atoms with Crippen LogP contribution >= 0.6 is 22.6 Å². The van der Waals surface area contributed by atoms with Gasteiger partial charge in [0.15, 0.2) is 0 Å². The Labute approximate surface area is 112 Å². The van der Waals surface area contributed by atoms with Gasteiger partial charge in [-0.15, -0.1) is 0 Å². The van der Waals surface area contributed by atoms with Gasteiger partial charge in [0.1, 0.15) is 11.4 Å². The summed E-state index contributed by atoms with van der Waals surface area (Å²) < 4.78 is 2.57. The van der Waals surface area contributed by atoms with E-state index in [1.165, 1.54) is 10.9 Å². The van der Waals surface area contributed by atoms with Crippen molar-refractivity contribution in [1.29, 1.82) is 0 Å². The van der Waals surface area contributed by atoms with Crippen LogP contribution in [0.2, 0.25) is 0 Å². The first-order valence-corrected chi connectivity index (χ1v) is 6.00. The molecule has 3 N–H and O–H groups in total. The van der Waals surface area contributed by atoms with Crippen LogP contribution in [0.25, 0.3) is 0 Å². The van der Waals surface area contributed by atoms with Crippen LogP contribution in [0.5, 0.6) is 0 Å². The molecule has 1 aromatic heterocycles. The second-order valence-corrected chi connectivity index (χ2v) is 4.77. The molecule has 0 spiro atoms. The van der Waals surface area contributed by atoms with Gasteiger partial charge >= 0.3 is 0 Å². The van der Waals surface area contributed by atoms with E-state index in [0.717, 1.165) is 9.26 Å². The Kier molecular flexibility index (Phi) is 3.32. The maximum absolute atomic E-state index is 11.9. The van der Waals surface area contributed by atoms with Crippen LogP contribution in [0.15, 0.2) is 30.5 Å². The molecular weight excluding hydrogens is 331 g/mol. The number of amides is 1. The average molecular weight is 342 g/mol. The molecular formula is C11H11IN4O. The highest BCUT2D eigenvalue weighted by Gasteiger charge is 2.13. The molecule has 0 unspecified atom stereocenters. The highest BCUT2D eigenvalue weighted by atomic mass is 127. The number of anilines is 2. The van der Waals surface area contributed by atoms with Crippen LogP contribution < -0.4 is 11.1 Å². The van der Waals surface area contributed by atoms with E-state index in [2.05, 4.69) is 33.0 Å². The molecule has 1 amide bonds. The Morgan fingerprint density at radius 1 is 1.41 bits per heavy atom. The predicted octanol–water partition coefficient (Wildman–Crippen LogP) is 1.86. The van der Waals surface area contributed by atoms with Crippen molar-refractivity contribution in [2.75, 3.05) is 11.1 Å². The zero-order chi connectivity index (χ0) is 12.4. The Bertz CT molecular complexity index is 547. The Morgan fingerprint density at radius 2 is 2.06 bits per heavy atom. The Morgan fingerprint density at radius 3 is 2.59 bits per heavy atom. The largest absolute Gasteiger partial charge is 0.383 e. The van der Waals surface area contributed by atoms with E-state index in [4.69, 9.17) is 5.73 Å². The molecule has 0 saturated heterocycles. The van der Waals surface area contributed by atoms with Crippen molar-refractivity contribution in [3.05, 3.63) is 39.6 Å². The predicted molar refractivity (Wildman–Crippen MR) is 74.7 cm³/mol. The van der Waals surface area contributed by atoms with Crippen molar-refractivity contribution >= 4 is 40.0 Å². The Balaban J connectivity index is 2.17. The summed E-state index contributed by atoms with van der Waals surface area (Å²) in [6.45, 7) is 0. The SMILES string of the molecule is Cn1ncc(C(=O)Nc2ccc(I)cc2)c1N. The van der Waals surface area contributed by atoms with Crippen molar-refractivity contribution in [2.24, 2.45) is 7.05 Å². The molecule has 1 heterocycles. The summed E-state index contributed by atoms with van der Waals surface area (Å²) in [4.78, 5) is 11.9. The van der Waals surface area contributed by atoms with Gasteiger partial charge in [-0.05, 0) is 46.9 Å². The fraction of sp³-hybridized carbons (Fsp3) is 0.0909. The van der Waals surface area contributed by atoms with E-state index in [9.17, 15) is 4.79 Å². The van der Waals surface area contributed by atoms with Crippen LogP contribution in [0.4, 0.5) is 11.5 Å². The molecule has 17 heavy (non-hydrogen) atoms. The number of halogens is 1. The second-order valence-electron chi connectivity index (χ2n) is 3.53. The van der Waals surface area contributed by atoms with Crippen molar-refractivity contribution in [2.45, 2.75) is 0 Å². The zero-order valence-electron chi connectivity index (χ0n) is 9.14. The molecule has 5 nitrogen and oxygen atoms in total. The van der Waals surface area contributed by atoms with E-state index >= 15 is 0 Å². The number of nitrogens with one attached hydrogen (secondary N) is 1. The number of aryl methyl sites for hydroxylation is 1. The van der Waals surface area contributed by atoms with Crippen molar-refractivity contribution in [1.82, 2.24) is 9.78 Å². The van der Waals surface area contributed by atoms with Crippen LogP contribution in [0.1, 0.15) is 10.4 Å². The van der Waals surface area contributed by atoms with Crippen LogP contribution in [-0.4, -0.2) is 15.7 Å². The van der Waals surface area contributed by atoms with E-state index in [-0.39, 0.29) is 5.91 Å². The number of aromatic nitrogens is 2. The molecule has 2 aromatic rings. The molecule has 88 valence electrons. The first-order valence-electron chi connectivity index (χ1n) is 4.92. The number of nitrogen functional groups attached to an aromatic ring is 1. The van der Waals surface area contributed by atoms with Crippen molar-refractivity contribution in [3.8, 4) is 0 Å². The minimum Gasteiger partial charge on any atom is -0.383 e. The second kappa shape index (κ2) is 4.74. The average Bonchev–Trinajstić information content (AvgIpc) is 2.63. The van der Waals surface area contributed by atoms with E-state index in [0.29, 0.717) is 11.4 Å². The molecule has 0 aliphatic rings. The molecule has 0 aliphatic heterocycles. The molecule has 6 heteroatoms. The maximum atomic E-state index is 11.9. The lowest BCUT2D eigenvalue weighted by molar-refractivity contribution is 0.102. The van der Waals surface area contributed by atoms with E-state index in [1.807, 2.05) is 24.3 Å². The fourth-order valence-electron chi connectivity index (χ4n) is 1.35. The molecule has 0 saturated carbocycles. The van der Waals surface area contributed by atoms with Gasteiger partial charge in [0.05, 0.1) is 6.20 Å². The van der Waals surface area contributed by atoms with Crippen LogP contribution in [-0.2, 0) is 7.05 Å². The highest BCUT2D eigenvalue weighted by Crippen LogP contribution is 2.15. The summed E-state index contributed by atoms with van der Waals surface area (Å²) in [6, 6.07) is 7.52. The summed E-state index contributed by atoms with van der Waals surface area (Å²) in [5.41, 5.74) is 6.84. The molecule has 0 fully saturated rings. The summed E-state index contributed by atoms with van der Waals surface area (Å²) in [6.07, 6.45) is 1.46. The van der Waals surface area contributed by atoms with Crippen LogP contribution in [0.3, 0.4) is 0 Å². The molecule has 0 bridgehead atoms. The molecule has 0 aliphatic carbocycles. The van der Waals surface area contributed by atoms with Crippen LogP contribution in [0, 0.1) is 3.57 Å². The van der Waals surface area contributed by atoms with Crippen molar-refractivity contribution < 1.29 is 4.79 Å². The highest BCUT2D eigenvalue weighted by molar-refractivity contribution is 14.1. The molecule has 0 radical (unpaired) electrons. The third-order valence-corrected chi connectivity index (χ3v) is 3.05. The van der Waals surface area contributed by atoms with E-state index in [1.54, 1.807) is 7.05 Å². The first-order chi connectivity index (χ1) is 8.08. The quantitative estimate of drug-likeness (QED) is 0.819. The standard InChI is InChI=1S/C11H11IN4O/c1-16-10(13)9(6-14-16)11(17)15-8-4-2-7(12)3-5-8/h2-6H,13H2,1H3,(H,15,17). The number of rotatable bonds is 2. The summed E-state index contributed by atoms with van der Waals surface area (Å²) in [5, 5.41) is 6.69. The minimum atomic E-state index is -0.253. The number of benzene rings is 1. The van der Waals surface area contributed by atoms with Gasteiger partial charge in [-0.3, -0.25) is 9.48 Å². The number of nitrogens with two attached hydrogens (primary N) is 1. The van der Waals surface area contributed by atoms with Gasteiger partial charge < -0.3 is 11.1 Å². The number of carbonyl (C=O) groups excluding carboxylic acids is 1. The third kappa shape index (κ3) is 2.57. The van der Waals surface area contributed by atoms with Gasteiger partial charge in [-0.2, -0.15) is 5.10 Å². The normalized spacial score (nSPS) is 10.2. The fourth-order valence-corrected chi connectivity index (χ4v) is 1.71. The number of hydrogen-bond donors (Lipinski definition) is 2. The summed E-state index contributed by atoms with van der Waals surface area (Å²) in [7, 11) is 1.69. The minimum absolute atomic E-state index is 0.253. The van der Waals surface area contributed by atoms with Crippen molar-refractivity contribution in [3.63, 3.8) is 0 Å². The lowest BCUT2D eigenvalue weighted by atomic mass is 10.2. The smallest absolute Gasteiger partial charge is 0.261 e. The zero-order valence-corrected chi connectivity index (χ0v) is 11.3. The van der Waals surface area contributed by atoms with Gasteiger partial charge in [0.2, 0.25) is 0 Å². The van der Waals surface area contributed by atoms with Gasteiger partial charge in [-0.1, -0.05) is 0 Å². The van der Waals surface area contributed by atoms with Gasteiger partial charge in [0.25, 0.3) is 5.91 Å². The topological polar surface area (TPSA) is 72.9 Å². The molecule has 0 atom stereocenters. The Hall–Kier alpha value is -1.57. The molecule has 2 rings (SSSR count). The maximum Gasteiger partial charge on any atom is 0.261 e. The summed E-state index contributed by atoms with van der Waals surface area (Å²) in [5.74, 6) is 0.102. The first kappa shape index (κ1) is 11.9. The third-order valence-electron chi connectivity index (χ3n) is 2.33. The number of nitrogens with zero attached hydrogens (tertiary/aromatic N) is 2. The summed E-state index contributed by atoms with van der Waals surface area (Å²) >= 11 is 2.20. The number of hydrogen-bond acceptors (Lipinski definition) is 3. The number of carbonyl (C=O) groups is 1. The van der Waals surface area contributed by atoms with Gasteiger partial charge in [0, 0.05) is 16.3 Å². The monoisotopic (exact) mass is 342 g/mol.